The van der Waals surface area contributed by atoms with Crippen molar-refractivity contribution >= 4 is 0 Å². The maximum atomic E-state index is 3.48. The van der Waals surface area contributed by atoms with Crippen LogP contribution in [-0.4, -0.2) is 6.54 Å². The molecule has 0 saturated carbocycles. The van der Waals surface area contributed by atoms with Crippen LogP contribution in [-0.2, 0) is 19.4 Å². The number of hydrogen-bond acceptors (Lipinski definition) is 1. The molecule has 0 saturated heterocycles. The van der Waals surface area contributed by atoms with Crippen molar-refractivity contribution in [2.75, 3.05) is 6.54 Å². The Kier molecular flexibility index (Phi) is 1.88. The SMILES string of the molecule is CC1CNCc2cc3c(cc21)CCC3. The molecule has 1 N–H and O–H groups in total. The molecule has 1 aromatic rings. The molecule has 0 bridgehead atoms. The average molecular weight is 187 g/mol. The van der Waals surface area contributed by atoms with Crippen LogP contribution in [0.4, 0.5) is 0 Å². The van der Waals surface area contributed by atoms with Gasteiger partial charge in [0.15, 0.2) is 0 Å². The second-order valence-electron chi connectivity index (χ2n) is 4.71. The van der Waals surface area contributed by atoms with Gasteiger partial charge < -0.3 is 5.32 Å². The van der Waals surface area contributed by atoms with E-state index in [1.165, 1.54) is 19.3 Å². The van der Waals surface area contributed by atoms with E-state index in [-0.39, 0.29) is 0 Å². The monoisotopic (exact) mass is 187 g/mol. The normalized spacial score (nSPS) is 24.5. The first-order chi connectivity index (χ1) is 6.84. The van der Waals surface area contributed by atoms with Crippen LogP contribution in [0, 0.1) is 0 Å². The minimum absolute atomic E-state index is 0.699. The van der Waals surface area contributed by atoms with E-state index in [2.05, 4.69) is 24.4 Å². The molecule has 1 aliphatic carbocycles. The fourth-order valence-corrected chi connectivity index (χ4v) is 2.84. The summed E-state index contributed by atoms with van der Waals surface area (Å²) >= 11 is 0. The second kappa shape index (κ2) is 3.09. The van der Waals surface area contributed by atoms with Crippen LogP contribution in [0.3, 0.4) is 0 Å². The van der Waals surface area contributed by atoms with E-state index in [1.807, 2.05) is 0 Å². The molecule has 14 heavy (non-hydrogen) atoms. The molecular weight excluding hydrogens is 170 g/mol. The van der Waals surface area contributed by atoms with Crippen molar-refractivity contribution in [3.05, 3.63) is 34.4 Å². The maximum absolute atomic E-state index is 3.48. The minimum Gasteiger partial charge on any atom is -0.312 e. The van der Waals surface area contributed by atoms with Crippen molar-refractivity contribution < 1.29 is 0 Å². The van der Waals surface area contributed by atoms with Gasteiger partial charge in [0.2, 0.25) is 0 Å². The van der Waals surface area contributed by atoms with Crippen molar-refractivity contribution in [2.24, 2.45) is 0 Å². The Labute approximate surface area is 85.5 Å². The molecule has 0 fully saturated rings. The smallest absolute Gasteiger partial charge is 0.0208 e. The highest BCUT2D eigenvalue weighted by Gasteiger charge is 2.20. The quantitative estimate of drug-likeness (QED) is 0.657. The first kappa shape index (κ1) is 8.49. The van der Waals surface area contributed by atoms with Gasteiger partial charge in [-0.15, -0.1) is 0 Å². The van der Waals surface area contributed by atoms with E-state index in [9.17, 15) is 0 Å². The Balaban J connectivity index is 2.12. The molecule has 1 heterocycles. The van der Waals surface area contributed by atoms with E-state index < -0.39 is 0 Å². The summed E-state index contributed by atoms with van der Waals surface area (Å²) in [6.07, 6.45) is 3.97. The van der Waals surface area contributed by atoms with Gasteiger partial charge in [-0.3, -0.25) is 0 Å². The summed E-state index contributed by atoms with van der Waals surface area (Å²) in [5, 5.41) is 3.48. The molecule has 0 spiro atoms. The Bertz CT molecular complexity index is 368. The lowest BCUT2D eigenvalue weighted by molar-refractivity contribution is 0.570. The molecule has 74 valence electrons. The van der Waals surface area contributed by atoms with Gasteiger partial charge in [-0.25, -0.2) is 0 Å². The summed E-state index contributed by atoms with van der Waals surface area (Å²) < 4.78 is 0. The lowest BCUT2D eigenvalue weighted by Gasteiger charge is -2.24. The third-order valence-corrected chi connectivity index (χ3v) is 3.65. The van der Waals surface area contributed by atoms with E-state index in [1.54, 1.807) is 22.3 Å². The molecule has 1 heteroatoms. The topological polar surface area (TPSA) is 12.0 Å². The summed E-state index contributed by atoms with van der Waals surface area (Å²) in [4.78, 5) is 0. The molecule has 0 amide bonds. The molecule has 0 aromatic heterocycles. The highest BCUT2D eigenvalue weighted by atomic mass is 14.9. The second-order valence-corrected chi connectivity index (χ2v) is 4.71. The summed E-state index contributed by atoms with van der Waals surface area (Å²) in [6.45, 7) is 4.55. The van der Waals surface area contributed by atoms with Crippen LogP contribution >= 0.6 is 0 Å². The zero-order chi connectivity index (χ0) is 9.54. The average Bonchev–Trinajstić information content (AvgIpc) is 2.62. The molecular formula is C13H17N. The fraction of sp³-hybridized carbons (Fsp3) is 0.538. The number of rotatable bonds is 0. The van der Waals surface area contributed by atoms with Crippen molar-refractivity contribution in [1.29, 1.82) is 0 Å². The van der Waals surface area contributed by atoms with Crippen LogP contribution in [0.2, 0.25) is 0 Å². The third kappa shape index (κ3) is 1.19. The molecule has 3 rings (SSSR count). The van der Waals surface area contributed by atoms with Crippen molar-refractivity contribution in [2.45, 2.75) is 38.6 Å². The van der Waals surface area contributed by atoms with Gasteiger partial charge in [0.25, 0.3) is 0 Å². The van der Waals surface area contributed by atoms with E-state index >= 15 is 0 Å². The van der Waals surface area contributed by atoms with E-state index in [0.717, 1.165) is 13.1 Å². The molecule has 1 aromatic carbocycles. The zero-order valence-electron chi connectivity index (χ0n) is 8.77. The van der Waals surface area contributed by atoms with Crippen LogP contribution in [0.25, 0.3) is 0 Å². The lowest BCUT2D eigenvalue weighted by Crippen LogP contribution is -2.26. The van der Waals surface area contributed by atoms with Crippen LogP contribution in [0.15, 0.2) is 12.1 Å². The van der Waals surface area contributed by atoms with Gasteiger partial charge in [-0.05, 0) is 47.4 Å². The molecule has 1 nitrogen and oxygen atoms in total. The van der Waals surface area contributed by atoms with Crippen LogP contribution in [0.1, 0.15) is 41.5 Å². The molecule has 1 unspecified atom stereocenters. The summed E-state index contributed by atoms with van der Waals surface area (Å²) in [7, 11) is 0. The Morgan fingerprint density at radius 1 is 1.14 bits per heavy atom. The molecule has 1 aliphatic heterocycles. The minimum atomic E-state index is 0.699. The largest absolute Gasteiger partial charge is 0.312 e. The van der Waals surface area contributed by atoms with Gasteiger partial charge in [-0.2, -0.15) is 0 Å². The number of fused-ring (bicyclic) bond motifs is 2. The lowest BCUT2D eigenvalue weighted by atomic mass is 9.89. The van der Waals surface area contributed by atoms with E-state index in [0.29, 0.717) is 5.92 Å². The Hall–Kier alpha value is -0.820. The highest BCUT2D eigenvalue weighted by Crippen LogP contribution is 2.31. The van der Waals surface area contributed by atoms with Gasteiger partial charge in [0, 0.05) is 13.1 Å². The van der Waals surface area contributed by atoms with Gasteiger partial charge in [0.05, 0.1) is 0 Å². The first-order valence-electron chi connectivity index (χ1n) is 5.70. The van der Waals surface area contributed by atoms with Gasteiger partial charge in [-0.1, -0.05) is 19.1 Å². The van der Waals surface area contributed by atoms with Crippen LogP contribution < -0.4 is 5.32 Å². The predicted molar refractivity (Wildman–Crippen MR) is 58.6 cm³/mol. The standard InChI is InChI=1S/C13H17N/c1-9-7-14-8-12-5-10-3-2-4-11(10)6-13(9)12/h5-6,9,14H,2-4,7-8H2,1H3. The van der Waals surface area contributed by atoms with Crippen molar-refractivity contribution in [1.82, 2.24) is 5.32 Å². The first-order valence-corrected chi connectivity index (χ1v) is 5.70. The highest BCUT2D eigenvalue weighted by molar-refractivity contribution is 5.43. The summed E-state index contributed by atoms with van der Waals surface area (Å²) in [5.41, 5.74) is 6.38. The summed E-state index contributed by atoms with van der Waals surface area (Å²) in [6, 6.07) is 4.92. The Morgan fingerprint density at radius 3 is 2.79 bits per heavy atom. The molecule has 2 aliphatic rings. The van der Waals surface area contributed by atoms with Gasteiger partial charge >= 0.3 is 0 Å². The van der Waals surface area contributed by atoms with Gasteiger partial charge in [0.1, 0.15) is 0 Å². The number of hydrogen-bond donors (Lipinski definition) is 1. The number of nitrogens with one attached hydrogen (secondary N) is 1. The number of aryl methyl sites for hydroxylation is 2. The van der Waals surface area contributed by atoms with Crippen molar-refractivity contribution in [3.63, 3.8) is 0 Å². The number of benzene rings is 1. The molecule has 1 atom stereocenters. The third-order valence-electron chi connectivity index (χ3n) is 3.65. The maximum Gasteiger partial charge on any atom is 0.0208 e. The predicted octanol–water partition coefficient (Wildman–Crippen LogP) is 2.38. The van der Waals surface area contributed by atoms with Crippen LogP contribution in [0.5, 0.6) is 0 Å². The summed E-state index contributed by atoms with van der Waals surface area (Å²) in [5.74, 6) is 0.699. The Morgan fingerprint density at radius 2 is 1.93 bits per heavy atom. The fourth-order valence-electron chi connectivity index (χ4n) is 2.84. The zero-order valence-corrected chi connectivity index (χ0v) is 8.77. The van der Waals surface area contributed by atoms with E-state index in [4.69, 9.17) is 0 Å². The van der Waals surface area contributed by atoms with Crippen molar-refractivity contribution in [3.8, 4) is 0 Å². The molecule has 0 radical (unpaired) electrons.